The highest BCUT2D eigenvalue weighted by molar-refractivity contribution is 5.83. The monoisotopic (exact) mass is 241 g/mol. The molecule has 0 bridgehead atoms. The van der Waals surface area contributed by atoms with E-state index in [9.17, 15) is 4.79 Å². The highest BCUT2D eigenvalue weighted by Crippen LogP contribution is 2.42. The van der Waals surface area contributed by atoms with Crippen molar-refractivity contribution in [2.45, 2.75) is 58.8 Å². The van der Waals surface area contributed by atoms with Crippen LogP contribution in [0.2, 0.25) is 0 Å². The molecule has 1 N–H and O–H groups in total. The first kappa shape index (κ1) is 14.5. The number of hydrogen-bond donors (Lipinski definition) is 1. The Labute approximate surface area is 105 Å². The van der Waals surface area contributed by atoms with Crippen LogP contribution in [0.1, 0.15) is 58.8 Å². The molecule has 1 amide bonds. The summed E-state index contributed by atoms with van der Waals surface area (Å²) < 4.78 is 0. The molecule has 1 aliphatic rings. The fourth-order valence-corrected chi connectivity index (χ4v) is 2.89. The van der Waals surface area contributed by atoms with Crippen LogP contribution in [-0.2, 0) is 4.79 Å². The van der Waals surface area contributed by atoms with Gasteiger partial charge in [-0.2, -0.15) is 0 Å². The summed E-state index contributed by atoms with van der Waals surface area (Å²) in [7, 11) is 0. The lowest BCUT2D eigenvalue weighted by Crippen LogP contribution is -2.44. The summed E-state index contributed by atoms with van der Waals surface area (Å²) in [5.41, 5.74) is -0.108. The van der Waals surface area contributed by atoms with Crippen molar-refractivity contribution < 1.29 is 9.90 Å². The molecule has 3 nitrogen and oxygen atoms in total. The molecule has 1 saturated carbocycles. The van der Waals surface area contributed by atoms with Crippen molar-refractivity contribution in [3.8, 4) is 0 Å². The van der Waals surface area contributed by atoms with E-state index in [1.807, 2.05) is 4.90 Å². The summed E-state index contributed by atoms with van der Waals surface area (Å²) >= 11 is 0. The quantitative estimate of drug-likeness (QED) is 0.744. The second kappa shape index (κ2) is 7.00. The maximum atomic E-state index is 12.6. The molecule has 0 unspecified atom stereocenters. The fraction of sp³-hybridized carbons (Fsp3) is 0.929. The Morgan fingerprint density at radius 1 is 1.24 bits per heavy atom. The standard InChI is InChI=1S/C14H27NO2/c1-3-5-10-15(11-12-16)13(17)14(4-2)8-6-7-9-14/h16H,3-12H2,1-2H3. The second-order valence-corrected chi connectivity index (χ2v) is 5.21. The lowest BCUT2D eigenvalue weighted by Gasteiger charge is -2.33. The zero-order chi connectivity index (χ0) is 12.7. The van der Waals surface area contributed by atoms with Crippen LogP contribution in [0.4, 0.5) is 0 Å². The van der Waals surface area contributed by atoms with E-state index >= 15 is 0 Å². The van der Waals surface area contributed by atoms with Crippen LogP contribution in [0.25, 0.3) is 0 Å². The van der Waals surface area contributed by atoms with E-state index in [1.165, 1.54) is 12.8 Å². The van der Waals surface area contributed by atoms with E-state index in [4.69, 9.17) is 5.11 Å². The topological polar surface area (TPSA) is 40.5 Å². The minimum atomic E-state index is -0.108. The lowest BCUT2D eigenvalue weighted by molar-refractivity contribution is -0.142. The Morgan fingerprint density at radius 2 is 1.88 bits per heavy atom. The van der Waals surface area contributed by atoms with Crippen molar-refractivity contribution in [3.05, 3.63) is 0 Å². The van der Waals surface area contributed by atoms with Crippen molar-refractivity contribution in [2.75, 3.05) is 19.7 Å². The Morgan fingerprint density at radius 3 is 2.35 bits per heavy atom. The minimum Gasteiger partial charge on any atom is -0.395 e. The van der Waals surface area contributed by atoms with Crippen LogP contribution in [0, 0.1) is 5.41 Å². The number of amides is 1. The van der Waals surface area contributed by atoms with Gasteiger partial charge < -0.3 is 10.0 Å². The van der Waals surface area contributed by atoms with Gasteiger partial charge in [0.15, 0.2) is 0 Å². The van der Waals surface area contributed by atoms with E-state index in [0.717, 1.165) is 38.6 Å². The lowest BCUT2D eigenvalue weighted by atomic mass is 9.82. The Bertz CT molecular complexity index is 234. The van der Waals surface area contributed by atoms with Gasteiger partial charge in [0.05, 0.1) is 6.61 Å². The van der Waals surface area contributed by atoms with Crippen molar-refractivity contribution in [3.63, 3.8) is 0 Å². The van der Waals surface area contributed by atoms with E-state index in [1.54, 1.807) is 0 Å². The first-order chi connectivity index (χ1) is 8.20. The average Bonchev–Trinajstić information content (AvgIpc) is 2.83. The molecule has 1 fully saturated rings. The number of aliphatic hydroxyl groups is 1. The third-order valence-electron chi connectivity index (χ3n) is 4.13. The van der Waals surface area contributed by atoms with Crippen LogP contribution < -0.4 is 0 Å². The molecule has 1 rings (SSSR count). The molecule has 0 aromatic heterocycles. The van der Waals surface area contributed by atoms with Gasteiger partial charge in [-0.1, -0.05) is 33.1 Å². The number of unbranched alkanes of at least 4 members (excludes halogenated alkanes) is 1. The molecular formula is C14H27NO2. The van der Waals surface area contributed by atoms with Crippen LogP contribution in [0.5, 0.6) is 0 Å². The predicted molar refractivity (Wildman–Crippen MR) is 69.8 cm³/mol. The molecule has 0 aromatic rings. The zero-order valence-corrected chi connectivity index (χ0v) is 11.4. The molecular weight excluding hydrogens is 214 g/mol. The van der Waals surface area contributed by atoms with Crippen molar-refractivity contribution >= 4 is 5.91 Å². The summed E-state index contributed by atoms with van der Waals surface area (Å²) in [5.74, 6) is 0.292. The maximum absolute atomic E-state index is 12.6. The highest BCUT2D eigenvalue weighted by atomic mass is 16.3. The molecule has 0 radical (unpaired) electrons. The normalized spacial score (nSPS) is 18.3. The molecule has 3 heteroatoms. The summed E-state index contributed by atoms with van der Waals surface area (Å²) in [6.07, 6.45) is 7.51. The van der Waals surface area contributed by atoms with Gasteiger partial charge in [0.1, 0.15) is 0 Å². The van der Waals surface area contributed by atoms with Gasteiger partial charge in [-0.15, -0.1) is 0 Å². The van der Waals surface area contributed by atoms with Crippen molar-refractivity contribution in [1.29, 1.82) is 0 Å². The SMILES string of the molecule is CCCCN(CCO)C(=O)C1(CC)CCCC1. The highest BCUT2D eigenvalue weighted by Gasteiger charge is 2.41. The van der Waals surface area contributed by atoms with Gasteiger partial charge in [-0.25, -0.2) is 0 Å². The molecule has 100 valence electrons. The minimum absolute atomic E-state index is 0.0786. The van der Waals surface area contributed by atoms with Crippen LogP contribution in [-0.4, -0.2) is 35.6 Å². The molecule has 0 aromatic carbocycles. The average molecular weight is 241 g/mol. The van der Waals surface area contributed by atoms with E-state index < -0.39 is 0 Å². The predicted octanol–water partition coefficient (Wildman–Crippen LogP) is 2.58. The molecule has 0 aliphatic heterocycles. The fourth-order valence-electron chi connectivity index (χ4n) is 2.89. The molecule has 0 heterocycles. The van der Waals surface area contributed by atoms with Gasteiger partial charge in [-0.05, 0) is 25.7 Å². The third kappa shape index (κ3) is 3.44. The Balaban J connectivity index is 2.67. The molecule has 1 aliphatic carbocycles. The number of carbonyl (C=O) groups excluding carboxylic acids is 1. The third-order valence-corrected chi connectivity index (χ3v) is 4.13. The first-order valence-electron chi connectivity index (χ1n) is 7.10. The van der Waals surface area contributed by atoms with Gasteiger partial charge >= 0.3 is 0 Å². The number of carbonyl (C=O) groups is 1. The second-order valence-electron chi connectivity index (χ2n) is 5.21. The molecule has 0 saturated heterocycles. The summed E-state index contributed by atoms with van der Waals surface area (Å²) in [6, 6.07) is 0. The van der Waals surface area contributed by atoms with Crippen molar-refractivity contribution in [2.24, 2.45) is 5.41 Å². The number of rotatable bonds is 7. The molecule has 0 atom stereocenters. The van der Waals surface area contributed by atoms with Gasteiger partial charge in [0, 0.05) is 18.5 Å². The summed E-state index contributed by atoms with van der Waals surface area (Å²) in [6.45, 7) is 5.64. The Kier molecular flexibility index (Phi) is 5.96. The van der Waals surface area contributed by atoms with Crippen LogP contribution >= 0.6 is 0 Å². The number of aliphatic hydroxyl groups excluding tert-OH is 1. The largest absolute Gasteiger partial charge is 0.395 e. The van der Waals surface area contributed by atoms with Gasteiger partial charge in [-0.3, -0.25) is 4.79 Å². The Hall–Kier alpha value is -0.570. The summed E-state index contributed by atoms with van der Waals surface area (Å²) in [4.78, 5) is 14.5. The smallest absolute Gasteiger partial charge is 0.228 e. The molecule has 17 heavy (non-hydrogen) atoms. The van der Waals surface area contributed by atoms with Gasteiger partial charge in [0.25, 0.3) is 0 Å². The van der Waals surface area contributed by atoms with Crippen molar-refractivity contribution in [1.82, 2.24) is 4.90 Å². The maximum Gasteiger partial charge on any atom is 0.228 e. The van der Waals surface area contributed by atoms with E-state index in [2.05, 4.69) is 13.8 Å². The summed E-state index contributed by atoms with van der Waals surface area (Å²) in [5, 5.41) is 9.09. The van der Waals surface area contributed by atoms with E-state index in [0.29, 0.717) is 12.5 Å². The number of hydrogen-bond acceptors (Lipinski definition) is 2. The van der Waals surface area contributed by atoms with Gasteiger partial charge in [0.2, 0.25) is 5.91 Å². The zero-order valence-electron chi connectivity index (χ0n) is 11.4. The van der Waals surface area contributed by atoms with Crippen LogP contribution in [0.15, 0.2) is 0 Å². The number of nitrogens with zero attached hydrogens (tertiary/aromatic N) is 1. The first-order valence-corrected chi connectivity index (χ1v) is 7.10. The van der Waals surface area contributed by atoms with Crippen LogP contribution in [0.3, 0.4) is 0 Å². The van der Waals surface area contributed by atoms with E-state index in [-0.39, 0.29) is 12.0 Å². The molecule has 0 spiro atoms.